The highest BCUT2D eigenvalue weighted by Crippen LogP contribution is 2.38. The van der Waals surface area contributed by atoms with Gasteiger partial charge in [0.05, 0.1) is 30.7 Å². The van der Waals surface area contributed by atoms with E-state index >= 15 is 0 Å². The number of anilines is 1. The monoisotopic (exact) mass is 437 g/mol. The Morgan fingerprint density at radius 2 is 1.90 bits per heavy atom. The molecule has 0 saturated carbocycles. The van der Waals surface area contributed by atoms with E-state index in [4.69, 9.17) is 9.47 Å². The molecule has 0 atom stereocenters. The van der Waals surface area contributed by atoms with Gasteiger partial charge in [0.1, 0.15) is 10.7 Å². The summed E-state index contributed by atoms with van der Waals surface area (Å²) < 4.78 is 10.1. The summed E-state index contributed by atoms with van der Waals surface area (Å²) in [4.78, 5) is 44.6. The van der Waals surface area contributed by atoms with Crippen LogP contribution in [0.4, 0.5) is 5.00 Å². The van der Waals surface area contributed by atoms with Crippen LogP contribution in [0.5, 0.6) is 0 Å². The van der Waals surface area contributed by atoms with Crippen LogP contribution in [0.1, 0.15) is 58.0 Å². The maximum atomic E-state index is 12.5. The Labute approximate surface area is 176 Å². The van der Waals surface area contributed by atoms with Crippen molar-refractivity contribution in [1.29, 1.82) is 0 Å². The Balaban J connectivity index is 1.65. The number of carbonyl (C=O) groups is 3. The molecular weight excluding hydrogens is 414 g/mol. The smallest absolute Gasteiger partial charge is 0.356 e. The minimum atomic E-state index is -0.487. The molecule has 1 aliphatic rings. The number of fused-ring (bicyclic) bond motifs is 1. The molecule has 10 heteroatoms. The number of ether oxygens (including phenoxy) is 2. The van der Waals surface area contributed by atoms with Gasteiger partial charge in [0.15, 0.2) is 5.16 Å². The normalized spacial score (nSPS) is 12.9. The number of hydrogen-bond acceptors (Lipinski definition) is 8. The summed E-state index contributed by atoms with van der Waals surface area (Å²) >= 11 is 2.62. The second-order valence-electron chi connectivity index (χ2n) is 6.29. The fourth-order valence-corrected chi connectivity index (χ4v) is 5.00. The molecule has 1 aliphatic carbocycles. The van der Waals surface area contributed by atoms with Crippen LogP contribution in [0.3, 0.4) is 0 Å². The van der Waals surface area contributed by atoms with Gasteiger partial charge in [-0.15, -0.1) is 11.3 Å². The third-order valence-electron chi connectivity index (χ3n) is 4.29. The predicted molar refractivity (Wildman–Crippen MR) is 111 cm³/mol. The summed E-state index contributed by atoms with van der Waals surface area (Å²) in [5, 5.41) is 3.84. The highest BCUT2D eigenvalue weighted by molar-refractivity contribution is 7.99. The minimum Gasteiger partial charge on any atom is -0.462 e. The summed E-state index contributed by atoms with van der Waals surface area (Å²) in [6, 6.07) is 0. The molecule has 2 aromatic heterocycles. The number of amides is 1. The summed E-state index contributed by atoms with van der Waals surface area (Å²) in [7, 11) is 0. The first kappa shape index (κ1) is 21.4. The van der Waals surface area contributed by atoms with Crippen molar-refractivity contribution >= 4 is 45.9 Å². The van der Waals surface area contributed by atoms with Gasteiger partial charge in [-0.25, -0.2) is 14.6 Å². The van der Waals surface area contributed by atoms with Gasteiger partial charge in [-0.05, 0) is 45.1 Å². The van der Waals surface area contributed by atoms with Crippen LogP contribution in [-0.2, 0) is 27.1 Å². The van der Waals surface area contributed by atoms with Gasteiger partial charge in [0.25, 0.3) is 0 Å². The molecule has 3 rings (SSSR count). The number of aryl methyl sites for hydroxylation is 1. The van der Waals surface area contributed by atoms with Crippen LogP contribution < -0.4 is 5.32 Å². The number of aromatic amines is 1. The number of esters is 2. The second kappa shape index (κ2) is 9.93. The lowest BCUT2D eigenvalue weighted by molar-refractivity contribution is -0.113. The summed E-state index contributed by atoms with van der Waals surface area (Å²) in [6.45, 7) is 4.05. The van der Waals surface area contributed by atoms with E-state index in [1.807, 2.05) is 0 Å². The predicted octanol–water partition coefficient (Wildman–Crippen LogP) is 3.43. The molecule has 0 spiro atoms. The molecule has 2 N–H and O–H groups in total. The van der Waals surface area contributed by atoms with Crippen LogP contribution in [0.2, 0.25) is 0 Å². The quantitative estimate of drug-likeness (QED) is 0.481. The van der Waals surface area contributed by atoms with Crippen LogP contribution >= 0.6 is 23.1 Å². The van der Waals surface area contributed by atoms with Gasteiger partial charge in [0, 0.05) is 4.88 Å². The van der Waals surface area contributed by atoms with E-state index in [1.54, 1.807) is 13.8 Å². The fraction of sp³-hybridized carbons (Fsp3) is 0.474. The Kier molecular flexibility index (Phi) is 7.32. The zero-order valence-corrected chi connectivity index (χ0v) is 18.0. The van der Waals surface area contributed by atoms with Crippen LogP contribution in [0, 0.1) is 0 Å². The first-order chi connectivity index (χ1) is 14.0. The molecule has 2 heterocycles. The molecule has 0 fully saturated rings. The van der Waals surface area contributed by atoms with E-state index in [0.717, 1.165) is 36.1 Å². The molecule has 29 heavy (non-hydrogen) atoms. The number of carbonyl (C=O) groups excluding carboxylic acids is 3. The molecule has 1 amide bonds. The van der Waals surface area contributed by atoms with Crippen molar-refractivity contribution in [2.24, 2.45) is 0 Å². The fourth-order valence-electron chi connectivity index (χ4n) is 3.06. The van der Waals surface area contributed by atoms with Gasteiger partial charge in [-0.2, -0.15) is 0 Å². The first-order valence-electron chi connectivity index (χ1n) is 9.49. The molecule has 156 valence electrons. The first-order valence-corrected chi connectivity index (χ1v) is 11.3. The topological polar surface area (TPSA) is 110 Å². The maximum Gasteiger partial charge on any atom is 0.356 e. The number of imidazole rings is 1. The Morgan fingerprint density at radius 3 is 2.66 bits per heavy atom. The van der Waals surface area contributed by atoms with E-state index in [-0.39, 0.29) is 36.5 Å². The van der Waals surface area contributed by atoms with Crippen LogP contribution in [-0.4, -0.2) is 46.8 Å². The van der Waals surface area contributed by atoms with Crippen LogP contribution in [0.25, 0.3) is 0 Å². The number of thioether (sulfide) groups is 1. The van der Waals surface area contributed by atoms with Crippen molar-refractivity contribution in [3.05, 3.63) is 27.9 Å². The number of hydrogen-bond donors (Lipinski definition) is 2. The maximum absolute atomic E-state index is 12.5. The zero-order chi connectivity index (χ0) is 20.8. The number of nitrogens with zero attached hydrogens (tertiary/aromatic N) is 1. The largest absolute Gasteiger partial charge is 0.462 e. The van der Waals surface area contributed by atoms with Crippen molar-refractivity contribution in [2.75, 3.05) is 24.3 Å². The molecule has 8 nitrogen and oxygen atoms in total. The summed E-state index contributed by atoms with van der Waals surface area (Å²) in [6.07, 6.45) is 5.24. The molecule has 0 bridgehead atoms. The third-order valence-corrected chi connectivity index (χ3v) is 6.39. The number of nitrogens with one attached hydrogen (secondary N) is 2. The average Bonchev–Trinajstić information content (AvgIpc) is 3.31. The zero-order valence-electron chi connectivity index (χ0n) is 16.3. The number of H-pyrrole nitrogens is 1. The molecule has 0 unspecified atom stereocenters. The van der Waals surface area contributed by atoms with E-state index < -0.39 is 5.97 Å². The summed E-state index contributed by atoms with van der Waals surface area (Å²) in [5.41, 5.74) is 1.74. The van der Waals surface area contributed by atoms with Gasteiger partial charge in [-0.1, -0.05) is 11.8 Å². The average molecular weight is 438 g/mol. The van der Waals surface area contributed by atoms with Crippen molar-refractivity contribution in [1.82, 2.24) is 9.97 Å². The Bertz CT molecular complexity index is 906. The molecular formula is C19H23N3O5S2. The van der Waals surface area contributed by atoms with Crippen molar-refractivity contribution in [3.63, 3.8) is 0 Å². The SMILES string of the molecule is CCOC(=O)c1cnc(SCC(=O)Nc2sc3c(c2C(=O)OCC)CCCC3)[nH]1. The lowest BCUT2D eigenvalue weighted by Crippen LogP contribution is -2.17. The highest BCUT2D eigenvalue weighted by atomic mass is 32.2. The van der Waals surface area contributed by atoms with E-state index in [1.165, 1.54) is 29.3 Å². The molecule has 0 aliphatic heterocycles. The van der Waals surface area contributed by atoms with Gasteiger partial charge in [0.2, 0.25) is 5.91 Å². The third kappa shape index (κ3) is 5.18. The molecule has 0 saturated heterocycles. The minimum absolute atomic E-state index is 0.0839. The lowest BCUT2D eigenvalue weighted by atomic mass is 9.95. The number of thiophene rings is 1. The van der Waals surface area contributed by atoms with E-state index in [2.05, 4.69) is 15.3 Å². The van der Waals surface area contributed by atoms with Crippen molar-refractivity contribution < 1.29 is 23.9 Å². The Hall–Kier alpha value is -2.33. The van der Waals surface area contributed by atoms with E-state index in [0.29, 0.717) is 15.7 Å². The molecule has 0 radical (unpaired) electrons. The number of aromatic nitrogens is 2. The Morgan fingerprint density at radius 1 is 1.17 bits per heavy atom. The highest BCUT2D eigenvalue weighted by Gasteiger charge is 2.27. The standard InChI is InChI=1S/C19H23N3O5S2/c1-3-26-17(24)12-9-20-19(21-12)28-10-14(23)22-16-15(18(25)27-4-2)11-7-5-6-8-13(11)29-16/h9H,3-8,10H2,1-2H3,(H,20,21)(H,22,23). The number of rotatable bonds is 8. The van der Waals surface area contributed by atoms with Gasteiger partial charge in [-0.3, -0.25) is 4.79 Å². The van der Waals surface area contributed by atoms with Gasteiger partial charge < -0.3 is 19.8 Å². The summed E-state index contributed by atoms with van der Waals surface area (Å²) in [5.74, 6) is -1.05. The molecule has 0 aromatic carbocycles. The van der Waals surface area contributed by atoms with E-state index in [9.17, 15) is 14.4 Å². The van der Waals surface area contributed by atoms with Crippen LogP contribution in [0.15, 0.2) is 11.4 Å². The van der Waals surface area contributed by atoms with Crippen molar-refractivity contribution in [3.8, 4) is 0 Å². The molecule has 2 aromatic rings. The lowest BCUT2D eigenvalue weighted by Gasteiger charge is -2.12. The van der Waals surface area contributed by atoms with Crippen molar-refractivity contribution in [2.45, 2.75) is 44.7 Å². The van der Waals surface area contributed by atoms with Gasteiger partial charge >= 0.3 is 11.9 Å². The second-order valence-corrected chi connectivity index (χ2v) is 8.36.